The van der Waals surface area contributed by atoms with Gasteiger partial charge in [-0.1, -0.05) is 29.0 Å². The van der Waals surface area contributed by atoms with Crippen molar-refractivity contribution in [3.63, 3.8) is 0 Å². The van der Waals surface area contributed by atoms with Crippen molar-refractivity contribution in [2.75, 3.05) is 6.61 Å². The van der Waals surface area contributed by atoms with E-state index in [9.17, 15) is 9.59 Å². The molecule has 2 aromatic carbocycles. The zero-order valence-corrected chi connectivity index (χ0v) is 17.6. The van der Waals surface area contributed by atoms with Gasteiger partial charge in [-0.15, -0.1) is 0 Å². The van der Waals surface area contributed by atoms with Gasteiger partial charge in [0.1, 0.15) is 0 Å². The van der Waals surface area contributed by atoms with Gasteiger partial charge >= 0.3 is 5.97 Å². The van der Waals surface area contributed by atoms with E-state index in [-0.39, 0.29) is 18.3 Å². The topological polar surface area (TPSA) is 60.7 Å². The largest absolute Gasteiger partial charge is 0.462 e. The highest BCUT2D eigenvalue weighted by atomic mass is 32.1. The zero-order valence-electron chi connectivity index (χ0n) is 16.8. The molecule has 0 saturated heterocycles. The lowest BCUT2D eigenvalue weighted by atomic mass is 9.97. The Morgan fingerprint density at radius 1 is 1.11 bits per heavy atom. The molecule has 1 amide bonds. The molecular weight excluding hydrogens is 372 g/mol. The van der Waals surface area contributed by atoms with Crippen LogP contribution in [0.15, 0.2) is 35.3 Å². The van der Waals surface area contributed by atoms with Gasteiger partial charge in [0.15, 0.2) is 4.80 Å². The Balaban J connectivity index is 1.94. The first kappa shape index (κ1) is 20.0. The van der Waals surface area contributed by atoms with E-state index in [0.29, 0.717) is 17.0 Å². The molecule has 3 aromatic rings. The number of ether oxygens (including phenoxy) is 1. The van der Waals surface area contributed by atoms with Crippen LogP contribution in [0, 0.1) is 20.8 Å². The Morgan fingerprint density at radius 2 is 1.79 bits per heavy atom. The molecule has 28 heavy (non-hydrogen) atoms. The highest BCUT2D eigenvalue weighted by Gasteiger charge is 2.12. The van der Waals surface area contributed by atoms with Gasteiger partial charge < -0.3 is 9.30 Å². The van der Waals surface area contributed by atoms with Crippen LogP contribution in [0.1, 0.15) is 39.5 Å². The number of fused-ring (bicyclic) bond motifs is 1. The number of amides is 1. The minimum atomic E-state index is -0.347. The molecule has 0 N–H and O–H groups in total. The maximum Gasteiger partial charge on any atom is 0.338 e. The third-order valence-corrected chi connectivity index (χ3v) is 5.80. The lowest BCUT2D eigenvalue weighted by Crippen LogP contribution is -2.15. The number of thiazole rings is 1. The Kier molecular flexibility index (Phi) is 5.79. The third kappa shape index (κ3) is 4.07. The van der Waals surface area contributed by atoms with Crippen molar-refractivity contribution < 1.29 is 14.3 Å². The number of carbonyl (C=O) groups is 2. The van der Waals surface area contributed by atoms with Crippen molar-refractivity contribution in [1.82, 2.24) is 4.57 Å². The Hall–Kier alpha value is -2.73. The lowest BCUT2D eigenvalue weighted by Gasteiger charge is -2.09. The lowest BCUT2D eigenvalue weighted by molar-refractivity contribution is -0.117. The standard InChI is InChI=1S/C22H24N2O3S/c1-6-27-21(26)16-7-8-18-19(11-16)28-22(24(18)5)23-20(25)12-17-14(3)9-13(2)10-15(17)4/h7-11H,6,12H2,1-5H3. The second kappa shape index (κ2) is 8.10. The fraction of sp³-hybridized carbons (Fsp3) is 0.318. The number of esters is 1. The van der Waals surface area contributed by atoms with E-state index < -0.39 is 0 Å². The molecule has 5 nitrogen and oxygen atoms in total. The second-order valence-electron chi connectivity index (χ2n) is 6.91. The van der Waals surface area contributed by atoms with Gasteiger partial charge in [0.25, 0.3) is 5.91 Å². The second-order valence-corrected chi connectivity index (χ2v) is 7.92. The maximum absolute atomic E-state index is 12.6. The molecular formula is C22H24N2O3S. The molecule has 0 fully saturated rings. The van der Waals surface area contributed by atoms with Crippen LogP contribution in [-0.2, 0) is 23.0 Å². The van der Waals surface area contributed by atoms with E-state index in [0.717, 1.165) is 26.9 Å². The fourth-order valence-electron chi connectivity index (χ4n) is 3.37. The van der Waals surface area contributed by atoms with Crippen LogP contribution in [0.5, 0.6) is 0 Å². The van der Waals surface area contributed by atoms with Crippen molar-refractivity contribution in [3.8, 4) is 0 Å². The van der Waals surface area contributed by atoms with Crippen LogP contribution < -0.4 is 4.80 Å². The highest BCUT2D eigenvalue weighted by Crippen LogP contribution is 2.20. The van der Waals surface area contributed by atoms with E-state index in [4.69, 9.17) is 4.74 Å². The Labute approximate surface area is 168 Å². The van der Waals surface area contributed by atoms with Gasteiger partial charge in [-0.05, 0) is 62.6 Å². The van der Waals surface area contributed by atoms with Crippen molar-refractivity contribution >= 4 is 33.4 Å². The van der Waals surface area contributed by atoms with Crippen LogP contribution in [0.25, 0.3) is 10.2 Å². The summed E-state index contributed by atoms with van der Waals surface area (Å²) in [6.07, 6.45) is 0.278. The fourth-order valence-corrected chi connectivity index (χ4v) is 4.44. The van der Waals surface area contributed by atoms with Gasteiger partial charge in [0, 0.05) is 7.05 Å². The molecule has 0 saturated carbocycles. The normalized spacial score (nSPS) is 11.8. The number of aryl methyl sites for hydroxylation is 4. The molecule has 0 bridgehead atoms. The van der Waals surface area contributed by atoms with Crippen LogP contribution in [0.2, 0.25) is 0 Å². The predicted molar refractivity (Wildman–Crippen MR) is 112 cm³/mol. The van der Waals surface area contributed by atoms with Crippen LogP contribution in [0.4, 0.5) is 0 Å². The van der Waals surface area contributed by atoms with Crippen molar-refractivity contribution in [2.45, 2.75) is 34.1 Å². The van der Waals surface area contributed by atoms with Gasteiger partial charge in [0.2, 0.25) is 0 Å². The van der Waals surface area contributed by atoms with Gasteiger partial charge in [-0.2, -0.15) is 4.99 Å². The SMILES string of the molecule is CCOC(=O)c1ccc2c(c1)sc(=NC(=O)Cc1c(C)cc(C)cc1C)n2C. The molecule has 0 spiro atoms. The van der Waals surface area contributed by atoms with Crippen molar-refractivity contribution in [1.29, 1.82) is 0 Å². The van der Waals surface area contributed by atoms with E-state index >= 15 is 0 Å². The van der Waals surface area contributed by atoms with E-state index in [2.05, 4.69) is 24.0 Å². The summed E-state index contributed by atoms with van der Waals surface area (Å²) >= 11 is 1.39. The minimum Gasteiger partial charge on any atom is -0.462 e. The number of nitrogens with zero attached hydrogens (tertiary/aromatic N) is 2. The van der Waals surface area contributed by atoms with Gasteiger partial charge in [-0.25, -0.2) is 4.79 Å². The number of aromatic nitrogens is 1. The molecule has 1 aromatic heterocycles. The number of carbonyl (C=O) groups excluding carboxylic acids is 2. The van der Waals surface area contributed by atoms with Crippen molar-refractivity contribution in [2.24, 2.45) is 12.0 Å². The summed E-state index contributed by atoms with van der Waals surface area (Å²) in [5.74, 6) is -0.525. The highest BCUT2D eigenvalue weighted by molar-refractivity contribution is 7.16. The molecule has 146 valence electrons. The first-order valence-electron chi connectivity index (χ1n) is 9.21. The number of hydrogen-bond acceptors (Lipinski definition) is 4. The van der Waals surface area contributed by atoms with E-state index in [1.54, 1.807) is 19.1 Å². The maximum atomic E-state index is 12.6. The van der Waals surface area contributed by atoms with Crippen LogP contribution in [-0.4, -0.2) is 23.1 Å². The van der Waals surface area contributed by atoms with E-state index in [1.807, 2.05) is 31.5 Å². The summed E-state index contributed by atoms with van der Waals surface area (Å²) < 4.78 is 7.82. The first-order chi connectivity index (χ1) is 13.3. The molecule has 3 rings (SSSR count). The summed E-state index contributed by atoms with van der Waals surface area (Å²) in [5.41, 5.74) is 5.87. The third-order valence-electron chi connectivity index (χ3n) is 4.71. The zero-order chi connectivity index (χ0) is 20.4. The van der Waals surface area contributed by atoms with Crippen molar-refractivity contribution in [3.05, 3.63) is 63.0 Å². The number of hydrogen-bond donors (Lipinski definition) is 0. The summed E-state index contributed by atoms with van der Waals surface area (Å²) in [7, 11) is 1.87. The van der Waals surface area contributed by atoms with Gasteiger partial charge in [0.05, 0.1) is 28.8 Å². The van der Waals surface area contributed by atoms with E-state index in [1.165, 1.54) is 16.9 Å². The van der Waals surface area contributed by atoms with Gasteiger partial charge in [-0.3, -0.25) is 4.79 Å². The predicted octanol–water partition coefficient (Wildman–Crippen LogP) is 4.01. The minimum absolute atomic E-state index is 0.178. The molecule has 0 unspecified atom stereocenters. The first-order valence-corrected chi connectivity index (χ1v) is 10.0. The number of benzene rings is 2. The molecule has 1 heterocycles. The summed E-state index contributed by atoms with van der Waals surface area (Å²) in [4.78, 5) is 29.5. The Morgan fingerprint density at radius 3 is 2.43 bits per heavy atom. The molecule has 0 aliphatic heterocycles. The molecule has 0 aliphatic rings. The smallest absolute Gasteiger partial charge is 0.338 e. The molecule has 0 radical (unpaired) electrons. The molecule has 6 heteroatoms. The monoisotopic (exact) mass is 396 g/mol. The number of rotatable bonds is 4. The Bertz CT molecular complexity index is 1120. The summed E-state index contributed by atoms with van der Waals surface area (Å²) in [6, 6.07) is 9.56. The quantitative estimate of drug-likeness (QED) is 0.626. The average Bonchev–Trinajstić information content (AvgIpc) is 2.93. The van der Waals surface area contributed by atoms with Crippen LogP contribution in [0.3, 0.4) is 0 Å². The average molecular weight is 397 g/mol. The summed E-state index contributed by atoms with van der Waals surface area (Å²) in [5, 5.41) is 0. The summed E-state index contributed by atoms with van der Waals surface area (Å²) in [6.45, 7) is 8.22. The van der Waals surface area contributed by atoms with Crippen LogP contribution >= 0.6 is 11.3 Å². The molecule has 0 atom stereocenters. The molecule has 0 aliphatic carbocycles.